The van der Waals surface area contributed by atoms with Crippen LogP contribution in [0.2, 0.25) is 0 Å². The molecule has 0 spiro atoms. The molecule has 0 bridgehead atoms. The molecule has 0 aromatic heterocycles. The molecule has 1 amide bonds. The molecule has 0 fully saturated rings. The fourth-order valence-corrected chi connectivity index (χ4v) is 1.72. The van der Waals surface area contributed by atoms with E-state index in [1.54, 1.807) is 19.2 Å². The standard InChI is InChI=1S/C13H20FN3O/c1-3-6-17(9-13(18)16-2)11-5-4-10(8-15)12(14)7-11/h4-5,7H,3,6,8-9,15H2,1-2H3,(H,16,18). The van der Waals surface area contributed by atoms with Crippen molar-refractivity contribution in [1.29, 1.82) is 0 Å². The molecular weight excluding hydrogens is 233 g/mol. The third kappa shape index (κ3) is 3.70. The zero-order valence-electron chi connectivity index (χ0n) is 10.9. The lowest BCUT2D eigenvalue weighted by molar-refractivity contribution is -0.119. The highest BCUT2D eigenvalue weighted by Crippen LogP contribution is 2.18. The predicted molar refractivity (Wildman–Crippen MR) is 70.9 cm³/mol. The summed E-state index contributed by atoms with van der Waals surface area (Å²) in [5.41, 5.74) is 6.61. The van der Waals surface area contributed by atoms with E-state index in [1.165, 1.54) is 6.07 Å². The maximum atomic E-state index is 13.7. The SMILES string of the molecule is CCCN(CC(=O)NC)c1ccc(CN)c(F)c1. The Bertz CT molecular complexity index is 409. The molecular formula is C13H20FN3O. The van der Waals surface area contributed by atoms with Gasteiger partial charge in [0, 0.05) is 31.4 Å². The van der Waals surface area contributed by atoms with Crippen molar-refractivity contribution in [2.75, 3.05) is 25.0 Å². The number of amides is 1. The van der Waals surface area contributed by atoms with Crippen LogP contribution in [0.4, 0.5) is 10.1 Å². The monoisotopic (exact) mass is 253 g/mol. The van der Waals surface area contributed by atoms with E-state index in [0.29, 0.717) is 17.8 Å². The van der Waals surface area contributed by atoms with Crippen LogP contribution >= 0.6 is 0 Å². The largest absolute Gasteiger partial charge is 0.362 e. The second-order valence-electron chi connectivity index (χ2n) is 4.07. The molecule has 0 atom stereocenters. The van der Waals surface area contributed by atoms with Crippen molar-refractivity contribution in [3.8, 4) is 0 Å². The first kappa shape index (κ1) is 14.4. The van der Waals surface area contributed by atoms with Gasteiger partial charge in [0.2, 0.25) is 5.91 Å². The van der Waals surface area contributed by atoms with E-state index in [1.807, 2.05) is 11.8 Å². The number of nitrogens with one attached hydrogen (secondary N) is 1. The average molecular weight is 253 g/mol. The minimum Gasteiger partial charge on any atom is -0.362 e. The molecule has 18 heavy (non-hydrogen) atoms. The molecule has 0 radical (unpaired) electrons. The molecule has 4 nitrogen and oxygen atoms in total. The summed E-state index contributed by atoms with van der Waals surface area (Å²) in [6, 6.07) is 4.89. The summed E-state index contributed by atoms with van der Waals surface area (Å²) in [7, 11) is 1.59. The topological polar surface area (TPSA) is 58.4 Å². The fraction of sp³-hybridized carbons (Fsp3) is 0.462. The normalized spacial score (nSPS) is 10.2. The number of hydrogen-bond donors (Lipinski definition) is 2. The lowest BCUT2D eigenvalue weighted by Crippen LogP contribution is -2.36. The summed E-state index contributed by atoms with van der Waals surface area (Å²) in [5, 5.41) is 2.57. The van der Waals surface area contributed by atoms with Gasteiger partial charge in [0.05, 0.1) is 6.54 Å². The smallest absolute Gasteiger partial charge is 0.239 e. The molecule has 0 heterocycles. The zero-order valence-corrected chi connectivity index (χ0v) is 10.9. The molecule has 5 heteroatoms. The third-order valence-corrected chi connectivity index (χ3v) is 2.73. The summed E-state index contributed by atoms with van der Waals surface area (Å²) < 4.78 is 13.7. The van der Waals surface area contributed by atoms with Crippen molar-refractivity contribution in [2.45, 2.75) is 19.9 Å². The third-order valence-electron chi connectivity index (χ3n) is 2.73. The average Bonchev–Trinajstić information content (AvgIpc) is 2.38. The number of carbonyl (C=O) groups excluding carboxylic acids is 1. The maximum Gasteiger partial charge on any atom is 0.239 e. The van der Waals surface area contributed by atoms with Gasteiger partial charge in [-0.05, 0) is 18.6 Å². The van der Waals surface area contributed by atoms with Gasteiger partial charge in [0.25, 0.3) is 0 Å². The van der Waals surface area contributed by atoms with Gasteiger partial charge in [-0.25, -0.2) is 4.39 Å². The van der Waals surface area contributed by atoms with Gasteiger partial charge in [0.15, 0.2) is 0 Å². The summed E-state index contributed by atoms with van der Waals surface area (Å²) in [4.78, 5) is 13.3. The lowest BCUT2D eigenvalue weighted by atomic mass is 10.1. The van der Waals surface area contributed by atoms with E-state index < -0.39 is 0 Å². The van der Waals surface area contributed by atoms with E-state index in [4.69, 9.17) is 5.73 Å². The second kappa shape index (κ2) is 6.96. The van der Waals surface area contributed by atoms with Crippen molar-refractivity contribution in [2.24, 2.45) is 5.73 Å². The lowest BCUT2D eigenvalue weighted by Gasteiger charge is -2.23. The van der Waals surface area contributed by atoms with Crippen LogP contribution in [-0.4, -0.2) is 26.0 Å². The van der Waals surface area contributed by atoms with Gasteiger partial charge in [0.1, 0.15) is 5.82 Å². The number of benzene rings is 1. The van der Waals surface area contributed by atoms with Crippen LogP contribution < -0.4 is 16.0 Å². The van der Waals surface area contributed by atoms with E-state index in [0.717, 1.165) is 6.42 Å². The highest BCUT2D eigenvalue weighted by atomic mass is 19.1. The zero-order chi connectivity index (χ0) is 13.5. The number of anilines is 1. The number of nitrogens with two attached hydrogens (primary N) is 1. The van der Waals surface area contributed by atoms with Gasteiger partial charge < -0.3 is 16.0 Å². The first-order chi connectivity index (χ1) is 8.62. The second-order valence-corrected chi connectivity index (χ2v) is 4.07. The van der Waals surface area contributed by atoms with Crippen LogP contribution in [0.15, 0.2) is 18.2 Å². The van der Waals surface area contributed by atoms with Crippen LogP contribution in [-0.2, 0) is 11.3 Å². The van der Waals surface area contributed by atoms with Crippen LogP contribution in [0.25, 0.3) is 0 Å². The maximum absolute atomic E-state index is 13.7. The molecule has 0 aliphatic heterocycles. The Morgan fingerprint density at radius 2 is 2.22 bits per heavy atom. The molecule has 100 valence electrons. The Morgan fingerprint density at radius 3 is 2.72 bits per heavy atom. The number of nitrogens with zero attached hydrogens (tertiary/aromatic N) is 1. The van der Waals surface area contributed by atoms with E-state index in [-0.39, 0.29) is 24.8 Å². The molecule has 0 saturated carbocycles. The first-order valence-corrected chi connectivity index (χ1v) is 6.06. The van der Waals surface area contributed by atoms with Crippen LogP contribution in [0.3, 0.4) is 0 Å². The summed E-state index contributed by atoms with van der Waals surface area (Å²) in [5.74, 6) is -0.417. The number of likely N-dealkylation sites (N-methyl/N-ethyl adjacent to an activating group) is 1. The Morgan fingerprint density at radius 1 is 1.50 bits per heavy atom. The fourth-order valence-electron chi connectivity index (χ4n) is 1.72. The van der Waals surface area contributed by atoms with Gasteiger partial charge in [-0.1, -0.05) is 13.0 Å². The molecule has 1 rings (SSSR count). The van der Waals surface area contributed by atoms with Crippen molar-refractivity contribution in [1.82, 2.24) is 5.32 Å². The Labute approximate surface area is 107 Å². The summed E-state index contributed by atoms with van der Waals surface area (Å²) >= 11 is 0. The Balaban J connectivity index is 2.91. The minimum atomic E-state index is -0.326. The van der Waals surface area contributed by atoms with E-state index in [9.17, 15) is 9.18 Å². The molecule has 3 N–H and O–H groups in total. The summed E-state index contributed by atoms with van der Waals surface area (Å²) in [6.07, 6.45) is 0.886. The first-order valence-electron chi connectivity index (χ1n) is 6.06. The van der Waals surface area contributed by atoms with Crippen molar-refractivity contribution in [3.63, 3.8) is 0 Å². The van der Waals surface area contributed by atoms with Gasteiger partial charge in [-0.3, -0.25) is 4.79 Å². The van der Waals surface area contributed by atoms with Gasteiger partial charge in [-0.2, -0.15) is 0 Å². The van der Waals surface area contributed by atoms with Gasteiger partial charge in [-0.15, -0.1) is 0 Å². The molecule has 0 aliphatic rings. The Kier molecular flexibility index (Phi) is 5.58. The van der Waals surface area contributed by atoms with Crippen LogP contribution in [0, 0.1) is 5.82 Å². The quantitative estimate of drug-likeness (QED) is 0.802. The molecule has 0 unspecified atom stereocenters. The van der Waals surface area contributed by atoms with Crippen LogP contribution in [0.5, 0.6) is 0 Å². The number of rotatable bonds is 6. The van der Waals surface area contributed by atoms with Gasteiger partial charge >= 0.3 is 0 Å². The van der Waals surface area contributed by atoms with E-state index in [2.05, 4.69) is 5.32 Å². The van der Waals surface area contributed by atoms with Crippen LogP contribution in [0.1, 0.15) is 18.9 Å². The Hall–Kier alpha value is -1.62. The molecule has 1 aromatic carbocycles. The summed E-state index contributed by atoms with van der Waals surface area (Å²) in [6.45, 7) is 3.12. The predicted octanol–water partition coefficient (Wildman–Crippen LogP) is 1.25. The highest BCUT2D eigenvalue weighted by Gasteiger charge is 2.11. The minimum absolute atomic E-state index is 0.0910. The molecule has 1 aromatic rings. The molecule has 0 saturated heterocycles. The highest BCUT2D eigenvalue weighted by molar-refractivity contribution is 5.81. The van der Waals surface area contributed by atoms with Crippen molar-refractivity contribution < 1.29 is 9.18 Å². The number of carbonyl (C=O) groups is 1. The number of hydrogen-bond acceptors (Lipinski definition) is 3. The van der Waals surface area contributed by atoms with Crippen molar-refractivity contribution >= 4 is 11.6 Å². The number of halogens is 1. The van der Waals surface area contributed by atoms with Crippen molar-refractivity contribution in [3.05, 3.63) is 29.6 Å². The molecule has 0 aliphatic carbocycles. The van der Waals surface area contributed by atoms with E-state index >= 15 is 0 Å².